The van der Waals surface area contributed by atoms with E-state index in [1.54, 1.807) is 10.4 Å². The van der Waals surface area contributed by atoms with Crippen molar-refractivity contribution in [3.63, 3.8) is 0 Å². The average Bonchev–Trinajstić information content (AvgIpc) is 3.02. The summed E-state index contributed by atoms with van der Waals surface area (Å²) in [6, 6.07) is 14.0. The number of thiophene rings is 1. The molecule has 1 aromatic heterocycles. The number of rotatable bonds is 5. The van der Waals surface area contributed by atoms with Crippen molar-refractivity contribution in [1.82, 2.24) is 9.21 Å². The Kier molecular flexibility index (Phi) is 5.16. The number of sulfonamides is 1. The third kappa shape index (κ3) is 4.01. The normalized spacial score (nSPS) is 17.4. The molecule has 3 rings (SSSR count). The highest BCUT2D eigenvalue weighted by atomic mass is 32.2. The molecule has 6 heteroatoms. The van der Waals surface area contributed by atoms with Crippen molar-refractivity contribution in [2.75, 3.05) is 32.7 Å². The van der Waals surface area contributed by atoms with Crippen LogP contribution in [0.4, 0.5) is 0 Å². The molecule has 0 atom stereocenters. The summed E-state index contributed by atoms with van der Waals surface area (Å²) in [5.41, 5.74) is 1.33. The predicted octanol–water partition coefficient (Wildman–Crippen LogP) is 2.61. The molecule has 23 heavy (non-hydrogen) atoms. The van der Waals surface area contributed by atoms with Crippen LogP contribution >= 0.6 is 11.3 Å². The highest BCUT2D eigenvalue weighted by molar-refractivity contribution is 7.91. The minimum Gasteiger partial charge on any atom is -0.300 e. The first-order valence-electron chi connectivity index (χ1n) is 7.88. The van der Waals surface area contributed by atoms with Crippen molar-refractivity contribution in [2.45, 2.75) is 17.6 Å². The first kappa shape index (κ1) is 16.6. The Morgan fingerprint density at radius 1 is 1.00 bits per heavy atom. The number of benzene rings is 1. The lowest BCUT2D eigenvalue weighted by atomic mass is 10.1. The van der Waals surface area contributed by atoms with Gasteiger partial charge in [0.05, 0.1) is 0 Å². The maximum absolute atomic E-state index is 12.6. The van der Waals surface area contributed by atoms with Gasteiger partial charge in [-0.3, -0.25) is 0 Å². The van der Waals surface area contributed by atoms with E-state index in [1.165, 1.54) is 16.9 Å². The van der Waals surface area contributed by atoms with Crippen molar-refractivity contribution < 1.29 is 8.42 Å². The fourth-order valence-electron chi connectivity index (χ4n) is 2.80. The Morgan fingerprint density at radius 2 is 1.70 bits per heavy atom. The number of nitrogens with zero attached hydrogens (tertiary/aromatic N) is 2. The van der Waals surface area contributed by atoms with E-state index < -0.39 is 10.0 Å². The first-order valence-corrected chi connectivity index (χ1v) is 10.1. The summed E-state index contributed by atoms with van der Waals surface area (Å²) in [4.78, 5) is 3.38. The van der Waals surface area contributed by atoms with E-state index in [0.29, 0.717) is 17.3 Å². The Balaban J connectivity index is 1.54. The molecular weight excluding hydrogens is 328 g/mol. The minimum absolute atomic E-state index is 0.465. The summed E-state index contributed by atoms with van der Waals surface area (Å²) in [5, 5.41) is 0. The van der Waals surface area contributed by atoms with E-state index >= 15 is 0 Å². The lowest BCUT2D eigenvalue weighted by Gasteiger charge is -2.33. The smallest absolute Gasteiger partial charge is 0.252 e. The molecule has 1 aliphatic rings. The van der Waals surface area contributed by atoms with E-state index in [2.05, 4.69) is 29.2 Å². The Labute approximate surface area is 142 Å². The van der Waals surface area contributed by atoms with E-state index in [-0.39, 0.29) is 0 Å². The second-order valence-corrected chi connectivity index (χ2v) is 9.30. The minimum atomic E-state index is -3.31. The molecule has 4 nitrogen and oxygen atoms in total. The number of piperazine rings is 1. The van der Waals surface area contributed by atoms with Crippen molar-refractivity contribution in [3.8, 4) is 0 Å². The van der Waals surface area contributed by atoms with Gasteiger partial charge in [-0.1, -0.05) is 30.3 Å². The van der Waals surface area contributed by atoms with Crippen molar-refractivity contribution in [1.29, 1.82) is 0 Å². The van der Waals surface area contributed by atoms with Crippen molar-refractivity contribution >= 4 is 21.4 Å². The van der Waals surface area contributed by atoms with Gasteiger partial charge in [-0.05, 0) is 31.0 Å². The zero-order valence-electron chi connectivity index (χ0n) is 13.3. The van der Waals surface area contributed by atoms with Gasteiger partial charge in [0, 0.05) is 37.6 Å². The van der Waals surface area contributed by atoms with Crippen LogP contribution in [0.15, 0.2) is 46.7 Å². The molecule has 0 aliphatic carbocycles. The zero-order valence-corrected chi connectivity index (χ0v) is 14.9. The van der Waals surface area contributed by atoms with E-state index in [0.717, 1.165) is 30.9 Å². The number of hydrogen-bond donors (Lipinski definition) is 0. The summed E-state index contributed by atoms with van der Waals surface area (Å²) < 4.78 is 27.3. The highest BCUT2D eigenvalue weighted by Gasteiger charge is 2.29. The predicted molar refractivity (Wildman–Crippen MR) is 94.4 cm³/mol. The molecule has 0 radical (unpaired) electrons. The molecule has 1 aliphatic heterocycles. The Hall–Kier alpha value is -1.21. The molecular formula is C17H22N2O2S2. The summed E-state index contributed by atoms with van der Waals surface area (Å²) in [6.45, 7) is 5.68. The number of aryl methyl sites for hydroxylation is 1. The molecule has 0 bridgehead atoms. The van der Waals surface area contributed by atoms with E-state index in [4.69, 9.17) is 0 Å². The molecule has 2 heterocycles. The maximum Gasteiger partial charge on any atom is 0.252 e. The third-order valence-corrected chi connectivity index (χ3v) is 7.57. The van der Waals surface area contributed by atoms with Crippen molar-refractivity contribution in [2.24, 2.45) is 0 Å². The third-order valence-electron chi connectivity index (χ3n) is 4.20. The molecule has 0 amide bonds. The van der Waals surface area contributed by atoms with Crippen LogP contribution in [0, 0.1) is 6.92 Å². The SMILES string of the molecule is Cc1ccc(S(=O)(=O)N2CCN(CCc3ccccc3)CC2)s1. The van der Waals surface area contributed by atoms with Crippen LogP contribution in [0.3, 0.4) is 0 Å². The molecule has 1 saturated heterocycles. The topological polar surface area (TPSA) is 40.6 Å². The van der Waals surface area contributed by atoms with Gasteiger partial charge in [0.2, 0.25) is 0 Å². The van der Waals surface area contributed by atoms with Crippen LogP contribution in [0.2, 0.25) is 0 Å². The molecule has 0 spiro atoms. The molecule has 0 N–H and O–H groups in total. The van der Waals surface area contributed by atoms with E-state index in [9.17, 15) is 8.42 Å². The largest absolute Gasteiger partial charge is 0.300 e. The van der Waals surface area contributed by atoms with Crippen LogP contribution in [0.25, 0.3) is 0 Å². The van der Waals surface area contributed by atoms with Gasteiger partial charge in [0.1, 0.15) is 4.21 Å². The second-order valence-electron chi connectivity index (χ2n) is 5.85. The van der Waals surface area contributed by atoms with Gasteiger partial charge in [-0.15, -0.1) is 11.3 Å². The Bertz CT molecular complexity index is 733. The van der Waals surface area contributed by atoms with Gasteiger partial charge in [0.15, 0.2) is 0 Å². The molecule has 1 fully saturated rings. The van der Waals surface area contributed by atoms with Gasteiger partial charge < -0.3 is 4.90 Å². The van der Waals surface area contributed by atoms with Crippen LogP contribution in [-0.2, 0) is 16.4 Å². The standard InChI is InChI=1S/C17H22N2O2S2/c1-15-7-8-17(22-15)23(20,21)19-13-11-18(12-14-19)10-9-16-5-3-2-4-6-16/h2-8H,9-14H2,1H3. The highest BCUT2D eigenvalue weighted by Crippen LogP contribution is 2.25. The lowest BCUT2D eigenvalue weighted by molar-refractivity contribution is 0.190. The van der Waals surface area contributed by atoms with Crippen molar-refractivity contribution in [3.05, 3.63) is 52.9 Å². The number of hydrogen-bond acceptors (Lipinski definition) is 4. The van der Waals surface area contributed by atoms with Crippen LogP contribution in [0.5, 0.6) is 0 Å². The summed E-state index contributed by atoms with van der Waals surface area (Å²) in [6.07, 6.45) is 1.01. The molecule has 0 unspecified atom stereocenters. The van der Waals surface area contributed by atoms with Crippen LogP contribution < -0.4 is 0 Å². The van der Waals surface area contributed by atoms with Gasteiger partial charge >= 0.3 is 0 Å². The fourth-order valence-corrected chi connectivity index (χ4v) is 5.66. The van der Waals surface area contributed by atoms with Gasteiger partial charge in [-0.25, -0.2) is 8.42 Å². The van der Waals surface area contributed by atoms with Crippen LogP contribution in [0.1, 0.15) is 10.4 Å². The quantitative estimate of drug-likeness (QED) is 0.832. The first-order chi connectivity index (χ1) is 11.1. The van der Waals surface area contributed by atoms with Crippen LogP contribution in [-0.4, -0.2) is 50.3 Å². The maximum atomic E-state index is 12.6. The van der Waals surface area contributed by atoms with E-state index in [1.807, 2.05) is 19.1 Å². The molecule has 2 aromatic rings. The lowest BCUT2D eigenvalue weighted by Crippen LogP contribution is -2.48. The monoisotopic (exact) mass is 350 g/mol. The summed E-state index contributed by atoms with van der Waals surface area (Å²) in [7, 11) is -3.31. The molecule has 1 aromatic carbocycles. The Morgan fingerprint density at radius 3 is 2.30 bits per heavy atom. The average molecular weight is 351 g/mol. The van der Waals surface area contributed by atoms with Gasteiger partial charge in [-0.2, -0.15) is 4.31 Å². The summed E-state index contributed by atoms with van der Waals surface area (Å²) in [5.74, 6) is 0. The summed E-state index contributed by atoms with van der Waals surface area (Å²) >= 11 is 1.35. The zero-order chi connectivity index (χ0) is 16.3. The van der Waals surface area contributed by atoms with Gasteiger partial charge in [0.25, 0.3) is 10.0 Å². The molecule has 0 saturated carbocycles. The second kappa shape index (κ2) is 7.13. The molecule has 124 valence electrons. The fraction of sp³-hybridized carbons (Fsp3) is 0.412.